The van der Waals surface area contributed by atoms with Crippen molar-refractivity contribution in [3.63, 3.8) is 0 Å². The third-order valence-electron chi connectivity index (χ3n) is 4.49. The molecule has 134 valence electrons. The van der Waals surface area contributed by atoms with E-state index in [4.69, 9.17) is 11.6 Å². The number of thiazole rings is 1. The van der Waals surface area contributed by atoms with E-state index in [0.717, 1.165) is 36.4 Å². The Balaban J connectivity index is 1.52. The van der Waals surface area contributed by atoms with Crippen LogP contribution in [-0.4, -0.2) is 37.3 Å². The fraction of sp³-hybridized carbons (Fsp3) is 0.333. The van der Waals surface area contributed by atoms with E-state index in [9.17, 15) is 4.79 Å². The van der Waals surface area contributed by atoms with Crippen molar-refractivity contribution >= 4 is 28.8 Å². The molecule has 0 unspecified atom stereocenters. The minimum atomic E-state index is -0.0813. The minimum absolute atomic E-state index is 0.0364. The number of hydrogen-bond donors (Lipinski definition) is 0. The van der Waals surface area contributed by atoms with Crippen LogP contribution in [0.1, 0.15) is 46.4 Å². The second-order valence-corrected chi connectivity index (χ2v) is 7.67. The maximum atomic E-state index is 13.0. The molecule has 4 rings (SSSR count). The molecule has 1 aliphatic rings. The fourth-order valence-electron chi connectivity index (χ4n) is 3.27. The quantitative estimate of drug-likeness (QED) is 0.683. The van der Waals surface area contributed by atoms with Gasteiger partial charge < -0.3 is 4.90 Å². The lowest BCUT2D eigenvalue weighted by atomic mass is 10.0. The van der Waals surface area contributed by atoms with Crippen LogP contribution in [0.15, 0.2) is 42.0 Å². The normalized spacial score (nSPS) is 17.4. The van der Waals surface area contributed by atoms with Gasteiger partial charge in [-0.05, 0) is 37.0 Å². The van der Waals surface area contributed by atoms with E-state index in [1.54, 1.807) is 28.4 Å². The van der Waals surface area contributed by atoms with E-state index in [1.165, 1.54) is 0 Å². The second kappa shape index (κ2) is 7.55. The fourth-order valence-corrected chi connectivity index (χ4v) is 4.27. The lowest BCUT2D eigenvalue weighted by Gasteiger charge is -2.33. The Morgan fingerprint density at radius 1 is 1.35 bits per heavy atom. The van der Waals surface area contributed by atoms with Crippen molar-refractivity contribution in [1.29, 1.82) is 0 Å². The maximum Gasteiger partial charge on any atom is 0.276 e. The van der Waals surface area contributed by atoms with Crippen LogP contribution in [0, 0.1) is 0 Å². The first-order chi connectivity index (χ1) is 12.7. The van der Waals surface area contributed by atoms with Crippen LogP contribution >= 0.6 is 22.9 Å². The summed E-state index contributed by atoms with van der Waals surface area (Å²) >= 11 is 7.62. The lowest BCUT2D eigenvalue weighted by molar-refractivity contribution is 0.0605. The number of carbonyl (C=O) groups excluding carboxylic acids is 1. The predicted molar refractivity (Wildman–Crippen MR) is 100 cm³/mol. The standard InChI is InChI=1S/C18H18ClN5OS/c19-14-5-3-4-13(10-14)11-23-12-15(21-22-23)18(25)24-8-2-1-6-16(24)17-20-7-9-26-17/h3-5,7,9-10,12,16H,1-2,6,8,11H2/t16-/m1/s1. The monoisotopic (exact) mass is 387 g/mol. The van der Waals surface area contributed by atoms with Gasteiger partial charge in [0.1, 0.15) is 5.01 Å². The van der Waals surface area contributed by atoms with Crippen LogP contribution in [-0.2, 0) is 6.54 Å². The molecule has 2 aromatic heterocycles. The van der Waals surface area contributed by atoms with Gasteiger partial charge in [-0.25, -0.2) is 9.67 Å². The molecule has 1 saturated heterocycles. The van der Waals surface area contributed by atoms with Crippen molar-refractivity contribution in [3.8, 4) is 0 Å². The SMILES string of the molecule is O=C(c1cn(Cc2cccc(Cl)c2)nn1)N1CCCC[C@@H]1c1nccs1. The molecule has 1 fully saturated rings. The molecule has 1 amide bonds. The van der Waals surface area contributed by atoms with Gasteiger partial charge in [-0.1, -0.05) is 28.9 Å². The summed E-state index contributed by atoms with van der Waals surface area (Å²) in [6.45, 7) is 1.25. The summed E-state index contributed by atoms with van der Waals surface area (Å²) in [5.41, 5.74) is 1.38. The van der Waals surface area contributed by atoms with E-state index in [-0.39, 0.29) is 11.9 Å². The van der Waals surface area contributed by atoms with Gasteiger partial charge in [-0.15, -0.1) is 16.4 Å². The summed E-state index contributed by atoms with van der Waals surface area (Å²) < 4.78 is 1.67. The van der Waals surface area contributed by atoms with Gasteiger partial charge in [0.05, 0.1) is 18.8 Å². The topological polar surface area (TPSA) is 63.9 Å². The summed E-state index contributed by atoms with van der Waals surface area (Å²) in [5, 5.41) is 11.8. The molecule has 0 bridgehead atoms. The molecule has 0 aliphatic carbocycles. The number of nitrogens with zero attached hydrogens (tertiary/aromatic N) is 5. The van der Waals surface area contributed by atoms with Crippen LogP contribution in [0.5, 0.6) is 0 Å². The van der Waals surface area contributed by atoms with Crippen LogP contribution in [0.4, 0.5) is 0 Å². The Kier molecular flexibility index (Phi) is 4.99. The Labute approximate surface area is 160 Å². The van der Waals surface area contributed by atoms with E-state index in [2.05, 4.69) is 15.3 Å². The number of carbonyl (C=O) groups is 1. The third-order valence-corrected chi connectivity index (χ3v) is 5.60. The molecule has 0 N–H and O–H groups in total. The molecule has 26 heavy (non-hydrogen) atoms. The zero-order valence-corrected chi connectivity index (χ0v) is 15.7. The number of benzene rings is 1. The van der Waals surface area contributed by atoms with Crippen molar-refractivity contribution < 1.29 is 4.79 Å². The van der Waals surface area contributed by atoms with E-state index >= 15 is 0 Å². The average Bonchev–Trinajstić information content (AvgIpc) is 3.33. The largest absolute Gasteiger partial charge is 0.328 e. The summed E-state index contributed by atoms with van der Waals surface area (Å²) in [4.78, 5) is 19.3. The first-order valence-electron chi connectivity index (χ1n) is 8.55. The first kappa shape index (κ1) is 17.2. The summed E-state index contributed by atoms with van der Waals surface area (Å²) in [7, 11) is 0. The van der Waals surface area contributed by atoms with Crippen molar-refractivity contribution in [3.05, 3.63) is 63.3 Å². The smallest absolute Gasteiger partial charge is 0.276 e. The highest BCUT2D eigenvalue weighted by Crippen LogP contribution is 2.32. The molecular weight excluding hydrogens is 370 g/mol. The van der Waals surface area contributed by atoms with Crippen LogP contribution in [0.25, 0.3) is 0 Å². The van der Waals surface area contributed by atoms with E-state index < -0.39 is 0 Å². The number of amides is 1. The lowest BCUT2D eigenvalue weighted by Crippen LogP contribution is -2.38. The van der Waals surface area contributed by atoms with Crippen molar-refractivity contribution in [2.45, 2.75) is 31.8 Å². The molecule has 6 nitrogen and oxygen atoms in total. The van der Waals surface area contributed by atoms with Crippen molar-refractivity contribution in [2.75, 3.05) is 6.54 Å². The molecule has 8 heteroatoms. The van der Waals surface area contributed by atoms with Crippen LogP contribution in [0.3, 0.4) is 0 Å². The molecule has 1 aliphatic heterocycles. The molecule has 3 heterocycles. The molecular formula is C18H18ClN5OS. The highest BCUT2D eigenvalue weighted by molar-refractivity contribution is 7.09. The van der Waals surface area contributed by atoms with Crippen molar-refractivity contribution in [2.24, 2.45) is 0 Å². The number of halogens is 1. The summed E-state index contributed by atoms with van der Waals surface area (Å²) in [6, 6.07) is 7.62. The Bertz CT molecular complexity index is 895. The van der Waals surface area contributed by atoms with E-state index in [1.807, 2.05) is 34.5 Å². The summed E-state index contributed by atoms with van der Waals surface area (Å²) in [6.07, 6.45) is 6.55. The highest BCUT2D eigenvalue weighted by Gasteiger charge is 2.31. The van der Waals surface area contributed by atoms with Gasteiger partial charge in [0, 0.05) is 23.1 Å². The van der Waals surface area contributed by atoms with Gasteiger partial charge >= 0.3 is 0 Å². The Morgan fingerprint density at radius 2 is 2.27 bits per heavy atom. The van der Waals surface area contributed by atoms with Gasteiger partial charge in [0.25, 0.3) is 5.91 Å². The highest BCUT2D eigenvalue weighted by atomic mass is 35.5. The van der Waals surface area contributed by atoms with Gasteiger partial charge in [0.15, 0.2) is 5.69 Å². The maximum absolute atomic E-state index is 13.0. The zero-order chi connectivity index (χ0) is 17.9. The van der Waals surface area contributed by atoms with Crippen molar-refractivity contribution in [1.82, 2.24) is 24.9 Å². The average molecular weight is 388 g/mol. The number of aromatic nitrogens is 4. The number of piperidine rings is 1. The summed E-state index contributed by atoms with van der Waals surface area (Å²) in [5.74, 6) is -0.0813. The number of rotatable bonds is 4. The molecule has 1 atom stereocenters. The Hall–Kier alpha value is -2.25. The minimum Gasteiger partial charge on any atom is -0.328 e. The number of likely N-dealkylation sites (tertiary alicyclic amines) is 1. The van der Waals surface area contributed by atoms with Gasteiger partial charge in [0.2, 0.25) is 0 Å². The van der Waals surface area contributed by atoms with Crippen LogP contribution in [0.2, 0.25) is 5.02 Å². The van der Waals surface area contributed by atoms with Crippen LogP contribution < -0.4 is 0 Å². The Morgan fingerprint density at radius 3 is 3.08 bits per heavy atom. The zero-order valence-electron chi connectivity index (χ0n) is 14.1. The third kappa shape index (κ3) is 3.64. The molecule has 0 radical (unpaired) electrons. The molecule has 0 spiro atoms. The second-order valence-electron chi connectivity index (χ2n) is 6.31. The molecule has 1 aromatic carbocycles. The first-order valence-corrected chi connectivity index (χ1v) is 9.81. The van der Waals surface area contributed by atoms with E-state index in [0.29, 0.717) is 17.3 Å². The molecule has 0 saturated carbocycles. The molecule has 3 aromatic rings. The van der Waals surface area contributed by atoms with Gasteiger partial charge in [-0.2, -0.15) is 0 Å². The van der Waals surface area contributed by atoms with Gasteiger partial charge in [-0.3, -0.25) is 4.79 Å². The predicted octanol–water partition coefficient (Wildman–Crippen LogP) is 3.80. The number of hydrogen-bond acceptors (Lipinski definition) is 5.